The fourth-order valence-electron chi connectivity index (χ4n) is 4.19. The predicted molar refractivity (Wildman–Crippen MR) is 105 cm³/mol. The van der Waals surface area contributed by atoms with Crippen LogP contribution in [0.4, 0.5) is 0 Å². The lowest BCUT2D eigenvalue weighted by atomic mass is 9.78. The number of aliphatic hydroxyl groups excluding tert-OH is 1. The van der Waals surface area contributed by atoms with Gasteiger partial charge in [-0.3, -0.25) is 9.69 Å². The van der Waals surface area contributed by atoms with Crippen molar-refractivity contribution in [2.24, 2.45) is 5.41 Å². The van der Waals surface area contributed by atoms with Crippen LogP contribution in [0.5, 0.6) is 0 Å². The van der Waals surface area contributed by atoms with E-state index in [2.05, 4.69) is 25.4 Å². The lowest BCUT2D eigenvalue weighted by Crippen LogP contribution is -2.45. The van der Waals surface area contributed by atoms with E-state index < -0.39 is 17.5 Å². The zero-order valence-corrected chi connectivity index (χ0v) is 16.7. The molecule has 5 rings (SSSR count). The molecule has 2 aromatic rings. The van der Waals surface area contributed by atoms with Gasteiger partial charge < -0.3 is 14.7 Å². The van der Waals surface area contributed by atoms with E-state index in [0.717, 1.165) is 0 Å². The number of esters is 1. The first-order valence-electron chi connectivity index (χ1n) is 10.0. The maximum atomic E-state index is 13.0. The lowest BCUT2D eigenvalue weighted by molar-refractivity contribution is -0.137. The van der Waals surface area contributed by atoms with Crippen LogP contribution < -0.4 is 0 Å². The zero-order chi connectivity index (χ0) is 21.4. The first kappa shape index (κ1) is 19.5. The number of ether oxygens (including phenoxy) is 1. The van der Waals surface area contributed by atoms with Gasteiger partial charge in [0.15, 0.2) is 5.82 Å². The molecule has 1 atom stereocenters. The van der Waals surface area contributed by atoms with Gasteiger partial charge in [0.25, 0.3) is 0 Å². The van der Waals surface area contributed by atoms with Crippen LogP contribution in [0.25, 0.3) is 5.82 Å². The van der Waals surface area contributed by atoms with Gasteiger partial charge in [-0.05, 0) is 42.4 Å². The normalized spacial score (nSPS) is 21.6. The fourth-order valence-corrected chi connectivity index (χ4v) is 4.19. The highest BCUT2D eigenvalue weighted by atomic mass is 16.5. The van der Waals surface area contributed by atoms with E-state index in [9.17, 15) is 14.7 Å². The minimum Gasteiger partial charge on any atom is -0.456 e. The van der Waals surface area contributed by atoms with Crippen molar-refractivity contribution in [3.05, 3.63) is 54.3 Å². The Kier molecular flexibility index (Phi) is 4.83. The number of tetrazole rings is 1. The standard InChI is InChI=1S/C20H21N7O4/c28-16(14-1-2-17(21-10-14)27-13-22-23-24-27)11-25-6-3-20(4-7-25)5-8-26(19(20)30)15-9-18(29)31-12-15/h1-2,5,8-10,13,16,28H,3-4,6-7,11-12H2/t16-/m0/s1. The van der Waals surface area contributed by atoms with Gasteiger partial charge in [0.05, 0.1) is 17.2 Å². The number of piperidine rings is 1. The van der Waals surface area contributed by atoms with Gasteiger partial charge >= 0.3 is 5.97 Å². The highest BCUT2D eigenvalue weighted by Crippen LogP contribution is 2.41. The number of aliphatic hydroxyl groups is 1. The van der Waals surface area contributed by atoms with Crippen LogP contribution in [-0.4, -0.2) is 78.2 Å². The van der Waals surface area contributed by atoms with Crippen LogP contribution in [0.15, 0.2) is 48.7 Å². The molecule has 1 fully saturated rings. The molecule has 0 radical (unpaired) electrons. The van der Waals surface area contributed by atoms with Crippen molar-refractivity contribution in [2.45, 2.75) is 18.9 Å². The SMILES string of the molecule is O=C1C=C(N2C=CC3(CCN(C[C@H](O)c4ccc(-n5cnnn5)nc4)CC3)C2=O)CO1. The van der Waals surface area contributed by atoms with Crippen molar-refractivity contribution in [2.75, 3.05) is 26.2 Å². The Hall–Kier alpha value is -3.44. The van der Waals surface area contributed by atoms with Crippen LogP contribution >= 0.6 is 0 Å². The zero-order valence-electron chi connectivity index (χ0n) is 16.7. The summed E-state index contributed by atoms with van der Waals surface area (Å²) >= 11 is 0. The average molecular weight is 423 g/mol. The Morgan fingerprint density at radius 2 is 2.06 bits per heavy atom. The van der Waals surface area contributed by atoms with E-state index in [0.29, 0.717) is 49.6 Å². The number of likely N-dealkylation sites (tertiary alicyclic amines) is 1. The number of hydrogen-bond donors (Lipinski definition) is 1. The highest BCUT2D eigenvalue weighted by Gasteiger charge is 2.46. The molecule has 0 aromatic carbocycles. The number of carbonyl (C=O) groups is 2. The predicted octanol–water partition coefficient (Wildman–Crippen LogP) is -0.0305. The van der Waals surface area contributed by atoms with E-state index in [-0.39, 0.29) is 12.5 Å². The number of β-amino-alcohol motifs (C(OH)–C–C–N with tert-alkyl or cyclic N) is 1. The molecule has 0 unspecified atom stereocenters. The smallest absolute Gasteiger partial charge is 0.333 e. The molecule has 11 heteroatoms. The van der Waals surface area contributed by atoms with Crippen molar-refractivity contribution in [3.63, 3.8) is 0 Å². The van der Waals surface area contributed by atoms with Gasteiger partial charge in [0.1, 0.15) is 12.9 Å². The van der Waals surface area contributed by atoms with Crippen LogP contribution in [0, 0.1) is 5.41 Å². The van der Waals surface area contributed by atoms with Crippen molar-refractivity contribution in [1.82, 2.24) is 35.0 Å². The van der Waals surface area contributed by atoms with Gasteiger partial charge in [-0.1, -0.05) is 12.1 Å². The summed E-state index contributed by atoms with van der Waals surface area (Å²) in [5.41, 5.74) is 0.736. The Balaban J connectivity index is 1.18. The summed E-state index contributed by atoms with van der Waals surface area (Å²) in [7, 11) is 0. The van der Waals surface area contributed by atoms with Gasteiger partial charge in [-0.15, -0.1) is 5.10 Å². The topological polar surface area (TPSA) is 127 Å². The minimum atomic E-state index is -0.692. The molecule has 0 aliphatic carbocycles. The van der Waals surface area contributed by atoms with Crippen LogP contribution in [0.3, 0.4) is 0 Å². The Bertz CT molecular complexity index is 1040. The van der Waals surface area contributed by atoms with E-state index in [1.165, 1.54) is 22.0 Å². The third kappa shape index (κ3) is 3.62. The molecule has 1 spiro atoms. The largest absolute Gasteiger partial charge is 0.456 e. The number of carbonyl (C=O) groups excluding carboxylic acids is 2. The number of aromatic nitrogens is 5. The molecule has 3 aliphatic heterocycles. The summed E-state index contributed by atoms with van der Waals surface area (Å²) in [6.07, 6.45) is 8.75. The Morgan fingerprint density at radius 1 is 1.23 bits per heavy atom. The molecule has 3 aliphatic rings. The van der Waals surface area contributed by atoms with E-state index in [1.54, 1.807) is 24.5 Å². The average Bonchev–Trinajstić information content (AvgIpc) is 3.53. The van der Waals surface area contributed by atoms with Crippen molar-refractivity contribution >= 4 is 11.9 Å². The summed E-state index contributed by atoms with van der Waals surface area (Å²) < 4.78 is 6.37. The van der Waals surface area contributed by atoms with Crippen molar-refractivity contribution < 1.29 is 19.4 Å². The third-order valence-corrected chi connectivity index (χ3v) is 6.06. The second kappa shape index (κ2) is 7.67. The molecule has 31 heavy (non-hydrogen) atoms. The van der Waals surface area contributed by atoms with E-state index in [4.69, 9.17) is 4.74 Å². The molecule has 5 heterocycles. The molecule has 1 amide bonds. The molecule has 11 nitrogen and oxygen atoms in total. The summed E-state index contributed by atoms with van der Waals surface area (Å²) in [5.74, 6) is 0.141. The summed E-state index contributed by atoms with van der Waals surface area (Å²) in [4.78, 5) is 32.3. The first-order valence-corrected chi connectivity index (χ1v) is 10.0. The maximum absolute atomic E-state index is 13.0. The molecular formula is C20H21N7O4. The van der Waals surface area contributed by atoms with Crippen LogP contribution in [0.1, 0.15) is 24.5 Å². The Morgan fingerprint density at radius 3 is 2.71 bits per heavy atom. The summed E-state index contributed by atoms with van der Waals surface area (Å²) in [6.45, 7) is 1.96. The van der Waals surface area contributed by atoms with E-state index >= 15 is 0 Å². The molecule has 0 saturated carbocycles. The van der Waals surface area contributed by atoms with Gasteiger partial charge in [0, 0.05) is 30.6 Å². The number of rotatable bonds is 5. The Labute approximate surface area is 177 Å². The molecule has 1 saturated heterocycles. The number of cyclic esters (lactones) is 1. The number of hydrogen-bond acceptors (Lipinski definition) is 9. The third-order valence-electron chi connectivity index (χ3n) is 6.06. The van der Waals surface area contributed by atoms with Gasteiger partial charge in [-0.2, -0.15) is 4.68 Å². The number of pyridine rings is 1. The van der Waals surface area contributed by atoms with Crippen molar-refractivity contribution in [1.29, 1.82) is 0 Å². The first-order chi connectivity index (χ1) is 15.0. The van der Waals surface area contributed by atoms with Crippen LogP contribution in [-0.2, 0) is 14.3 Å². The fraction of sp³-hybridized carbons (Fsp3) is 0.400. The van der Waals surface area contributed by atoms with Crippen molar-refractivity contribution in [3.8, 4) is 5.82 Å². The summed E-state index contributed by atoms with van der Waals surface area (Å²) in [5, 5.41) is 21.6. The highest BCUT2D eigenvalue weighted by molar-refractivity contribution is 5.93. The molecule has 2 aromatic heterocycles. The molecule has 160 valence electrons. The van der Waals surface area contributed by atoms with Gasteiger partial charge in [0.2, 0.25) is 5.91 Å². The lowest BCUT2D eigenvalue weighted by Gasteiger charge is -2.38. The quantitative estimate of drug-likeness (QED) is 0.660. The minimum absolute atomic E-state index is 0.0142. The van der Waals surface area contributed by atoms with Gasteiger partial charge in [-0.25, -0.2) is 9.78 Å². The molecule has 0 bridgehead atoms. The number of nitrogens with zero attached hydrogens (tertiary/aromatic N) is 7. The number of amides is 1. The van der Waals surface area contributed by atoms with E-state index in [1.807, 2.05) is 6.08 Å². The second-order valence-corrected chi connectivity index (χ2v) is 7.91. The monoisotopic (exact) mass is 423 g/mol. The summed E-state index contributed by atoms with van der Waals surface area (Å²) in [6, 6.07) is 3.56. The molecule has 1 N–H and O–H groups in total. The second-order valence-electron chi connectivity index (χ2n) is 7.91. The molecular weight excluding hydrogens is 402 g/mol. The maximum Gasteiger partial charge on any atom is 0.333 e. The van der Waals surface area contributed by atoms with Crippen LogP contribution in [0.2, 0.25) is 0 Å².